The maximum Gasteiger partial charge on any atom is 0.152 e. The molecule has 0 aliphatic carbocycles. The number of benzene rings is 2. The van der Waals surface area contributed by atoms with Gasteiger partial charge in [0.2, 0.25) is 0 Å². The predicted molar refractivity (Wildman–Crippen MR) is 132 cm³/mol. The number of rotatable bonds is 9. The highest BCUT2D eigenvalue weighted by Crippen LogP contribution is 2.28. The lowest BCUT2D eigenvalue weighted by molar-refractivity contribution is -0.00975. The molecule has 1 atom stereocenters. The molecule has 2 aromatic heterocycles. The molecule has 1 unspecified atom stereocenters. The topological polar surface area (TPSA) is 101 Å². The van der Waals surface area contributed by atoms with E-state index >= 15 is 0 Å². The Bertz CT molecular complexity index is 1310. The van der Waals surface area contributed by atoms with E-state index in [1.807, 2.05) is 24.3 Å². The molecule has 0 radical (unpaired) electrons. The highest BCUT2D eigenvalue weighted by molar-refractivity contribution is 6.30. The Morgan fingerprint density at radius 3 is 2.49 bits per heavy atom. The molecule has 10 nitrogen and oxygen atoms in total. The zero-order valence-electron chi connectivity index (χ0n) is 20.0. The Hall–Kier alpha value is -3.48. The van der Waals surface area contributed by atoms with Crippen molar-refractivity contribution < 1.29 is 13.9 Å². The first-order chi connectivity index (χ1) is 17.9. The smallest absolute Gasteiger partial charge is 0.152 e. The Morgan fingerprint density at radius 2 is 1.78 bits per heavy atom. The number of hydrogen-bond donors (Lipinski definition) is 1. The van der Waals surface area contributed by atoms with Crippen LogP contribution in [0.2, 0.25) is 5.02 Å². The molecule has 1 saturated heterocycles. The fourth-order valence-electron chi connectivity index (χ4n) is 4.58. The van der Waals surface area contributed by atoms with Crippen molar-refractivity contribution in [3.63, 3.8) is 0 Å². The fraction of sp³-hybridized carbons (Fsp3) is 0.375. The predicted octanol–water partition coefficient (Wildman–Crippen LogP) is 2.15. The van der Waals surface area contributed by atoms with Crippen LogP contribution in [-0.2, 0) is 25.1 Å². The van der Waals surface area contributed by atoms with Crippen molar-refractivity contribution in [2.24, 2.45) is 0 Å². The van der Waals surface area contributed by atoms with Crippen molar-refractivity contribution >= 4 is 17.3 Å². The molecule has 37 heavy (non-hydrogen) atoms. The molecule has 3 heterocycles. The van der Waals surface area contributed by atoms with E-state index in [-0.39, 0.29) is 18.7 Å². The van der Waals surface area contributed by atoms with E-state index in [0.29, 0.717) is 12.2 Å². The number of tetrazole rings is 1. The van der Waals surface area contributed by atoms with Crippen LogP contribution in [0.5, 0.6) is 0 Å². The minimum absolute atomic E-state index is 0.0795. The summed E-state index contributed by atoms with van der Waals surface area (Å²) in [5.74, 6) is -1.04. The Balaban J connectivity index is 1.25. The molecule has 0 amide bonds. The minimum Gasteiger partial charge on any atom is -0.381 e. The monoisotopic (exact) mass is 529 g/mol. The number of aromatic nitrogens is 7. The second kappa shape index (κ2) is 10.9. The molecule has 1 fully saturated rings. The maximum atomic E-state index is 14.7. The fourth-order valence-corrected chi connectivity index (χ4v) is 4.71. The highest BCUT2D eigenvalue weighted by atomic mass is 35.5. The van der Waals surface area contributed by atoms with E-state index in [2.05, 4.69) is 35.4 Å². The van der Waals surface area contributed by atoms with E-state index in [0.717, 1.165) is 55.6 Å². The van der Waals surface area contributed by atoms with Gasteiger partial charge in [0.05, 0.1) is 13.1 Å². The maximum absolute atomic E-state index is 14.7. The van der Waals surface area contributed by atoms with Gasteiger partial charge in [0.1, 0.15) is 29.9 Å². The molecule has 2 aromatic carbocycles. The van der Waals surface area contributed by atoms with Gasteiger partial charge < -0.3 is 10.0 Å². The summed E-state index contributed by atoms with van der Waals surface area (Å²) in [5, 5.41) is 28.3. The van der Waals surface area contributed by atoms with Crippen molar-refractivity contribution in [1.82, 2.24) is 39.9 Å². The third-order valence-electron chi connectivity index (χ3n) is 6.56. The highest BCUT2D eigenvalue weighted by Gasteiger charge is 2.35. The van der Waals surface area contributed by atoms with Crippen molar-refractivity contribution in [2.75, 3.05) is 37.6 Å². The van der Waals surface area contributed by atoms with Crippen LogP contribution >= 0.6 is 11.6 Å². The molecular weight excluding hydrogens is 504 g/mol. The average Bonchev–Trinajstić information content (AvgIpc) is 3.55. The van der Waals surface area contributed by atoms with E-state index in [1.165, 1.54) is 28.1 Å². The van der Waals surface area contributed by atoms with Crippen LogP contribution < -0.4 is 4.90 Å². The first kappa shape index (κ1) is 25.2. The molecule has 1 N–H and O–H groups in total. The van der Waals surface area contributed by atoms with Crippen LogP contribution in [0.1, 0.15) is 11.4 Å². The summed E-state index contributed by atoms with van der Waals surface area (Å²) < 4.78 is 31.2. The van der Waals surface area contributed by atoms with Crippen LogP contribution in [0.4, 0.5) is 14.5 Å². The number of anilines is 1. The van der Waals surface area contributed by atoms with Gasteiger partial charge in [0.15, 0.2) is 5.82 Å². The molecule has 4 aromatic rings. The number of halogens is 3. The summed E-state index contributed by atoms with van der Waals surface area (Å²) in [5.41, 5.74) is -0.739. The Morgan fingerprint density at radius 1 is 1.00 bits per heavy atom. The lowest BCUT2D eigenvalue weighted by atomic mass is 9.92. The van der Waals surface area contributed by atoms with E-state index < -0.39 is 17.2 Å². The summed E-state index contributed by atoms with van der Waals surface area (Å²) in [6, 6.07) is 10.9. The Kier molecular flexibility index (Phi) is 7.40. The third-order valence-corrected chi connectivity index (χ3v) is 6.81. The van der Waals surface area contributed by atoms with Gasteiger partial charge in [-0.05, 0) is 40.8 Å². The van der Waals surface area contributed by atoms with Crippen LogP contribution in [0.15, 0.2) is 55.1 Å². The van der Waals surface area contributed by atoms with E-state index in [4.69, 9.17) is 11.6 Å². The third kappa shape index (κ3) is 5.92. The summed E-state index contributed by atoms with van der Waals surface area (Å²) >= 11 is 6.00. The first-order valence-corrected chi connectivity index (χ1v) is 12.3. The number of piperazine rings is 1. The van der Waals surface area contributed by atoms with Gasteiger partial charge in [0, 0.05) is 61.5 Å². The number of aliphatic hydroxyl groups is 1. The largest absolute Gasteiger partial charge is 0.381 e. The zero-order valence-corrected chi connectivity index (χ0v) is 20.7. The molecule has 0 saturated carbocycles. The standard InChI is InChI=1S/C24H26ClF2N9O/c25-18-1-4-20(5-2-18)34-11-9-33(10-12-34)8-7-23-30-31-32-36(23)15-24(37,14-35-17-28-16-29-35)21-6-3-19(26)13-22(21)27/h1-6,13,16-17,37H,7-12,14-15H2. The van der Waals surface area contributed by atoms with Gasteiger partial charge >= 0.3 is 0 Å². The summed E-state index contributed by atoms with van der Waals surface area (Å²) in [7, 11) is 0. The van der Waals surface area contributed by atoms with Crippen LogP contribution in [-0.4, -0.2) is 77.7 Å². The van der Waals surface area contributed by atoms with E-state index in [9.17, 15) is 13.9 Å². The van der Waals surface area contributed by atoms with Crippen LogP contribution in [0.25, 0.3) is 0 Å². The summed E-state index contributed by atoms with van der Waals surface area (Å²) in [6.07, 6.45) is 3.27. The van der Waals surface area contributed by atoms with Gasteiger partial charge in [-0.1, -0.05) is 17.7 Å². The molecule has 194 valence electrons. The molecular formula is C24H26ClF2N9O. The van der Waals surface area contributed by atoms with Crippen molar-refractivity contribution in [1.29, 1.82) is 0 Å². The number of hydrogen-bond acceptors (Lipinski definition) is 8. The number of nitrogens with zero attached hydrogens (tertiary/aromatic N) is 9. The van der Waals surface area contributed by atoms with Gasteiger partial charge in [0.25, 0.3) is 0 Å². The second-order valence-electron chi connectivity index (χ2n) is 9.06. The van der Waals surface area contributed by atoms with Crippen molar-refractivity contribution in [3.05, 3.63) is 83.2 Å². The van der Waals surface area contributed by atoms with Gasteiger partial charge in [-0.2, -0.15) is 5.10 Å². The quantitative estimate of drug-likeness (QED) is 0.352. The van der Waals surface area contributed by atoms with E-state index in [1.54, 1.807) is 0 Å². The second-order valence-corrected chi connectivity index (χ2v) is 9.49. The lowest BCUT2D eigenvalue weighted by Gasteiger charge is -2.36. The van der Waals surface area contributed by atoms with Crippen LogP contribution in [0, 0.1) is 11.6 Å². The lowest BCUT2D eigenvalue weighted by Crippen LogP contribution is -2.47. The zero-order chi connectivity index (χ0) is 25.8. The molecule has 1 aliphatic heterocycles. The van der Waals surface area contributed by atoms with Crippen molar-refractivity contribution in [3.8, 4) is 0 Å². The van der Waals surface area contributed by atoms with Gasteiger partial charge in [-0.25, -0.2) is 23.1 Å². The molecule has 13 heteroatoms. The first-order valence-electron chi connectivity index (χ1n) is 11.9. The SMILES string of the molecule is OC(Cn1cncn1)(Cn1nnnc1CCN1CCN(c2ccc(Cl)cc2)CC1)c1ccc(F)cc1F. The van der Waals surface area contributed by atoms with Crippen LogP contribution in [0.3, 0.4) is 0 Å². The molecule has 0 spiro atoms. The summed E-state index contributed by atoms with van der Waals surface area (Å²) in [6.45, 7) is 3.97. The van der Waals surface area contributed by atoms with Crippen molar-refractivity contribution in [2.45, 2.75) is 25.1 Å². The average molecular weight is 530 g/mol. The molecule has 5 rings (SSSR count). The van der Waals surface area contributed by atoms with Gasteiger partial charge in [-0.15, -0.1) is 5.10 Å². The Labute approximate surface area is 217 Å². The molecule has 1 aliphatic rings. The normalized spacial score (nSPS) is 16.2. The molecule has 0 bridgehead atoms. The minimum atomic E-state index is -1.81. The summed E-state index contributed by atoms with van der Waals surface area (Å²) in [4.78, 5) is 8.53. The van der Waals surface area contributed by atoms with Gasteiger partial charge in [-0.3, -0.25) is 4.90 Å².